The summed E-state index contributed by atoms with van der Waals surface area (Å²) < 4.78 is 0. The molecule has 0 aromatic rings. The lowest BCUT2D eigenvalue weighted by Crippen LogP contribution is -2.32. The van der Waals surface area contributed by atoms with Crippen molar-refractivity contribution >= 4 is 11.9 Å². The summed E-state index contributed by atoms with van der Waals surface area (Å²) in [5.41, 5.74) is 0. The third-order valence-corrected chi connectivity index (χ3v) is 2.44. The van der Waals surface area contributed by atoms with E-state index in [4.69, 9.17) is 5.11 Å². The van der Waals surface area contributed by atoms with Crippen molar-refractivity contribution in [2.24, 2.45) is 17.8 Å². The summed E-state index contributed by atoms with van der Waals surface area (Å²) in [6.45, 7) is 4.76. The van der Waals surface area contributed by atoms with Crippen LogP contribution in [0.4, 0.5) is 0 Å². The normalized spacial score (nSPS) is 24.9. The monoisotopic (exact) mass is 199 g/mol. The smallest absolute Gasteiger partial charge is 0.307 e. The molecular weight excluding hydrogens is 182 g/mol. The second kappa shape index (κ2) is 3.98. The summed E-state index contributed by atoms with van der Waals surface area (Å²) >= 11 is 0. The Kier molecular flexibility index (Phi) is 3.13. The Morgan fingerprint density at radius 2 is 2.00 bits per heavy atom. The molecule has 80 valence electrons. The minimum absolute atomic E-state index is 0.0221. The molecule has 1 fully saturated rings. The maximum atomic E-state index is 11.6. The third kappa shape index (κ3) is 2.47. The molecule has 2 unspecified atom stereocenters. The molecule has 2 atom stereocenters. The van der Waals surface area contributed by atoms with Crippen LogP contribution < -0.4 is 0 Å². The maximum absolute atomic E-state index is 11.6. The largest absolute Gasteiger partial charge is 0.481 e. The molecule has 1 amide bonds. The van der Waals surface area contributed by atoms with Gasteiger partial charge in [0.25, 0.3) is 0 Å². The van der Waals surface area contributed by atoms with E-state index in [9.17, 15) is 9.59 Å². The van der Waals surface area contributed by atoms with Crippen molar-refractivity contribution in [2.75, 3.05) is 13.6 Å². The summed E-state index contributed by atoms with van der Waals surface area (Å²) in [5, 5.41) is 8.67. The number of carbonyl (C=O) groups is 2. The van der Waals surface area contributed by atoms with Crippen LogP contribution in [0.3, 0.4) is 0 Å². The van der Waals surface area contributed by atoms with Crippen LogP contribution >= 0.6 is 0 Å². The van der Waals surface area contributed by atoms with Crippen molar-refractivity contribution in [1.82, 2.24) is 4.90 Å². The number of carbonyl (C=O) groups excluding carboxylic acids is 1. The third-order valence-electron chi connectivity index (χ3n) is 2.44. The van der Waals surface area contributed by atoms with Crippen LogP contribution in [-0.4, -0.2) is 35.5 Å². The molecule has 1 saturated carbocycles. The molecule has 0 saturated heterocycles. The first-order chi connectivity index (χ1) is 6.43. The van der Waals surface area contributed by atoms with Gasteiger partial charge in [-0.25, -0.2) is 0 Å². The van der Waals surface area contributed by atoms with Gasteiger partial charge < -0.3 is 10.0 Å². The van der Waals surface area contributed by atoms with E-state index >= 15 is 0 Å². The van der Waals surface area contributed by atoms with E-state index in [1.165, 1.54) is 0 Å². The Morgan fingerprint density at radius 1 is 1.43 bits per heavy atom. The summed E-state index contributed by atoms with van der Waals surface area (Å²) in [7, 11) is 1.74. The van der Waals surface area contributed by atoms with Crippen LogP contribution in [0.15, 0.2) is 0 Å². The zero-order chi connectivity index (χ0) is 10.9. The van der Waals surface area contributed by atoms with E-state index in [1.807, 2.05) is 13.8 Å². The highest BCUT2D eigenvalue weighted by Crippen LogP contribution is 2.39. The number of amides is 1. The highest BCUT2D eigenvalue weighted by atomic mass is 16.4. The van der Waals surface area contributed by atoms with Crippen LogP contribution in [0.1, 0.15) is 20.3 Å². The van der Waals surface area contributed by atoms with Crippen LogP contribution in [0.5, 0.6) is 0 Å². The molecule has 14 heavy (non-hydrogen) atoms. The molecule has 1 N–H and O–H groups in total. The van der Waals surface area contributed by atoms with E-state index in [1.54, 1.807) is 11.9 Å². The Bertz CT molecular complexity index is 250. The van der Waals surface area contributed by atoms with Crippen molar-refractivity contribution in [3.8, 4) is 0 Å². The molecule has 4 nitrogen and oxygen atoms in total. The van der Waals surface area contributed by atoms with Gasteiger partial charge in [0.15, 0.2) is 0 Å². The lowest BCUT2D eigenvalue weighted by Gasteiger charge is -2.19. The average molecular weight is 199 g/mol. The van der Waals surface area contributed by atoms with Gasteiger partial charge in [-0.3, -0.25) is 9.59 Å². The van der Waals surface area contributed by atoms with E-state index in [2.05, 4.69) is 0 Å². The van der Waals surface area contributed by atoms with Gasteiger partial charge in [-0.05, 0) is 12.3 Å². The summed E-state index contributed by atoms with van der Waals surface area (Å²) in [6.07, 6.45) is 0.511. The fourth-order valence-electron chi connectivity index (χ4n) is 1.66. The highest BCUT2D eigenvalue weighted by molar-refractivity contribution is 5.89. The van der Waals surface area contributed by atoms with Gasteiger partial charge in [0.05, 0.1) is 11.8 Å². The molecule has 1 rings (SSSR count). The minimum Gasteiger partial charge on any atom is -0.481 e. The fourth-order valence-corrected chi connectivity index (χ4v) is 1.66. The Morgan fingerprint density at radius 3 is 2.36 bits per heavy atom. The molecule has 4 heteroatoms. The van der Waals surface area contributed by atoms with Crippen LogP contribution in [0.2, 0.25) is 0 Å². The summed E-state index contributed by atoms with van der Waals surface area (Å²) in [6, 6.07) is 0. The standard InChI is InChI=1S/C10H17NO3/c1-6(2)5-11(3)9(12)7-4-8(7)10(13)14/h6-8H,4-5H2,1-3H3,(H,13,14). The van der Waals surface area contributed by atoms with Crippen LogP contribution in [-0.2, 0) is 9.59 Å². The molecule has 0 aromatic carbocycles. The second-order valence-corrected chi connectivity index (χ2v) is 4.40. The fraction of sp³-hybridized carbons (Fsp3) is 0.800. The van der Waals surface area contributed by atoms with Crippen LogP contribution in [0, 0.1) is 17.8 Å². The van der Waals surface area contributed by atoms with Gasteiger partial charge >= 0.3 is 5.97 Å². The maximum Gasteiger partial charge on any atom is 0.307 e. The highest BCUT2D eigenvalue weighted by Gasteiger charge is 2.49. The predicted molar refractivity (Wildman–Crippen MR) is 51.7 cm³/mol. The zero-order valence-corrected chi connectivity index (χ0v) is 8.86. The van der Waals surface area contributed by atoms with Crippen molar-refractivity contribution in [2.45, 2.75) is 20.3 Å². The number of hydrogen-bond donors (Lipinski definition) is 1. The number of hydrogen-bond acceptors (Lipinski definition) is 2. The lowest BCUT2D eigenvalue weighted by molar-refractivity contribution is -0.141. The zero-order valence-electron chi connectivity index (χ0n) is 8.86. The molecule has 0 heterocycles. The number of carboxylic acids is 1. The number of rotatable bonds is 4. The van der Waals surface area contributed by atoms with Gasteiger partial charge in [0.2, 0.25) is 5.91 Å². The van der Waals surface area contributed by atoms with Crippen molar-refractivity contribution in [1.29, 1.82) is 0 Å². The Balaban J connectivity index is 2.40. The first kappa shape index (κ1) is 11.0. The molecule has 0 radical (unpaired) electrons. The summed E-state index contributed by atoms with van der Waals surface area (Å²) in [4.78, 5) is 23.8. The molecule has 0 aliphatic heterocycles. The lowest BCUT2D eigenvalue weighted by atomic mass is 10.2. The second-order valence-electron chi connectivity index (χ2n) is 4.40. The van der Waals surface area contributed by atoms with Crippen molar-refractivity contribution < 1.29 is 14.7 Å². The van der Waals surface area contributed by atoms with E-state index < -0.39 is 11.9 Å². The molecular formula is C10H17NO3. The van der Waals surface area contributed by atoms with Gasteiger partial charge in [-0.2, -0.15) is 0 Å². The summed E-state index contributed by atoms with van der Waals surface area (Å²) in [5.74, 6) is -1.15. The predicted octanol–water partition coefficient (Wildman–Crippen LogP) is 0.821. The quantitative estimate of drug-likeness (QED) is 0.729. The molecule has 0 spiro atoms. The Labute approximate surface area is 83.9 Å². The van der Waals surface area contributed by atoms with Crippen molar-refractivity contribution in [3.63, 3.8) is 0 Å². The van der Waals surface area contributed by atoms with Gasteiger partial charge in [0.1, 0.15) is 0 Å². The number of aliphatic carboxylic acids is 1. The van der Waals surface area contributed by atoms with Crippen molar-refractivity contribution in [3.05, 3.63) is 0 Å². The topological polar surface area (TPSA) is 57.6 Å². The van der Waals surface area contributed by atoms with Gasteiger partial charge in [-0.15, -0.1) is 0 Å². The minimum atomic E-state index is -0.846. The van der Waals surface area contributed by atoms with E-state index in [0.29, 0.717) is 18.9 Å². The van der Waals surface area contributed by atoms with Crippen LogP contribution in [0.25, 0.3) is 0 Å². The molecule has 1 aliphatic rings. The van der Waals surface area contributed by atoms with E-state index in [0.717, 1.165) is 0 Å². The number of carboxylic acid groups (broad SMARTS) is 1. The first-order valence-electron chi connectivity index (χ1n) is 4.91. The average Bonchev–Trinajstić information content (AvgIpc) is 2.80. The van der Waals surface area contributed by atoms with E-state index in [-0.39, 0.29) is 11.8 Å². The molecule has 0 aromatic heterocycles. The van der Waals surface area contributed by atoms with Gasteiger partial charge in [-0.1, -0.05) is 13.8 Å². The molecule has 0 bridgehead atoms. The Hall–Kier alpha value is -1.06. The SMILES string of the molecule is CC(C)CN(C)C(=O)C1CC1C(=O)O. The first-order valence-corrected chi connectivity index (χ1v) is 4.91. The van der Waals surface area contributed by atoms with Gasteiger partial charge in [0, 0.05) is 13.6 Å². The number of nitrogens with zero attached hydrogens (tertiary/aromatic N) is 1. The molecule has 1 aliphatic carbocycles.